The van der Waals surface area contributed by atoms with Crippen molar-refractivity contribution in [3.8, 4) is 22.3 Å². The van der Waals surface area contributed by atoms with Crippen LogP contribution in [0.1, 0.15) is 79.2 Å². The van der Waals surface area contributed by atoms with Gasteiger partial charge in [-0.05, 0) is 0 Å². The number of aryl methyl sites for hydroxylation is 2. The Morgan fingerprint density at radius 2 is 0.877 bits per heavy atom. The fourth-order valence-electron chi connectivity index (χ4n) is 8.39. The van der Waals surface area contributed by atoms with E-state index in [1.807, 2.05) is 0 Å². The third-order valence-electron chi connectivity index (χ3n) is 11.5. The molecule has 0 spiro atoms. The van der Waals surface area contributed by atoms with Gasteiger partial charge in [0.25, 0.3) is 0 Å². The van der Waals surface area contributed by atoms with Crippen LogP contribution in [0.15, 0.2) is 118 Å². The van der Waals surface area contributed by atoms with Gasteiger partial charge in [0.1, 0.15) is 0 Å². The van der Waals surface area contributed by atoms with Crippen LogP contribution in [0.25, 0.3) is 45.6 Å². The second-order valence-corrected chi connectivity index (χ2v) is 31.3. The van der Waals surface area contributed by atoms with Crippen molar-refractivity contribution < 1.29 is 56.9 Å². The van der Waals surface area contributed by atoms with Crippen LogP contribution in [0.4, 0.5) is 0 Å². The molecule has 2 aliphatic rings. The maximum Gasteiger partial charge on any atom is -1.00 e. The maximum atomic E-state index is 6.69. The second-order valence-electron chi connectivity index (χ2n) is 17.5. The van der Waals surface area contributed by atoms with Crippen molar-refractivity contribution in [1.82, 2.24) is 0 Å². The minimum absolute atomic E-state index is 0. The predicted octanol–water partition coefficient (Wildman–Crippen LogP) is 7.18. The third kappa shape index (κ3) is 8.75. The van der Waals surface area contributed by atoms with Gasteiger partial charge in [-0.1, -0.05) is 0 Å². The summed E-state index contributed by atoms with van der Waals surface area (Å²) in [5.74, 6) is 4.23. The molecule has 2 heterocycles. The molecule has 8 rings (SSSR count). The Bertz CT molecular complexity index is 2240. The average molecular weight is 905 g/mol. The van der Waals surface area contributed by atoms with Gasteiger partial charge in [-0.2, -0.15) is 0 Å². The van der Waals surface area contributed by atoms with Crippen LogP contribution in [0.2, 0.25) is 39.3 Å². The van der Waals surface area contributed by atoms with Crippen LogP contribution in [-0.4, -0.2) is 16.1 Å². The molecule has 2 atom stereocenters. The quantitative estimate of drug-likeness (QED) is 0.122. The molecule has 292 valence electrons. The van der Waals surface area contributed by atoms with Gasteiger partial charge in [-0.15, -0.1) is 0 Å². The van der Waals surface area contributed by atoms with Crippen molar-refractivity contribution in [2.45, 2.75) is 86.1 Å². The zero-order chi connectivity index (χ0) is 38.5. The first-order chi connectivity index (χ1) is 26.4. The zero-order valence-corrected chi connectivity index (χ0v) is 40.6. The van der Waals surface area contributed by atoms with Crippen LogP contribution >= 0.6 is 0 Å². The number of allylic oxidation sites excluding steroid dienone is 2. The summed E-state index contributed by atoms with van der Waals surface area (Å²) in [6.07, 6.45) is 9.04. The Morgan fingerprint density at radius 3 is 1.23 bits per heavy atom. The molecule has 2 aliphatic carbocycles. The summed E-state index contributed by atoms with van der Waals surface area (Å²) in [7, 11) is -2.80. The zero-order valence-electron chi connectivity index (χ0n) is 34.6. The van der Waals surface area contributed by atoms with Crippen molar-refractivity contribution in [3.05, 3.63) is 154 Å². The molecule has 0 amide bonds. The molecular formula is C50H54Cl2O2Si2Zr. The van der Waals surface area contributed by atoms with E-state index in [1.54, 1.807) is 0 Å². The molecular weight excluding hydrogens is 851 g/mol. The van der Waals surface area contributed by atoms with E-state index in [1.165, 1.54) is 66.0 Å². The molecule has 0 fully saturated rings. The van der Waals surface area contributed by atoms with Crippen molar-refractivity contribution in [1.29, 1.82) is 0 Å². The normalized spacial score (nSPS) is 15.9. The van der Waals surface area contributed by atoms with Gasteiger partial charge in [-0.3, -0.25) is 0 Å². The van der Waals surface area contributed by atoms with Gasteiger partial charge >= 0.3 is 345 Å². The molecule has 57 heavy (non-hydrogen) atoms. The maximum absolute atomic E-state index is 6.69. The average Bonchev–Trinajstić information content (AvgIpc) is 3.97. The number of hydrogen-bond acceptors (Lipinski definition) is 2. The van der Waals surface area contributed by atoms with Crippen LogP contribution in [0, 0.1) is 0 Å². The predicted molar refractivity (Wildman–Crippen MR) is 236 cm³/mol. The molecule has 0 bridgehead atoms. The number of halogens is 2. The van der Waals surface area contributed by atoms with E-state index in [4.69, 9.17) is 8.83 Å². The van der Waals surface area contributed by atoms with Crippen LogP contribution in [-0.2, 0) is 36.1 Å². The molecule has 0 aliphatic heterocycles. The standard InChI is InChI=1S/2C25H27OSi.2ClH.Zr/c2*1-5-7-21-12-15-25(26-21)20-16-19-8-6-9-23(24(19)17-20)18-10-13-22(14-11-18)27(2,3)4;;;/h2*6,8-17H,5,7H2,1-4H3;2*1H;/q;;;;+2/p-2. The SMILES string of the molecule is CCCc1ccc(C2=Cc3c(-c4ccc([Si](C)(C)C)cc4)cccc3[CH]2[Zr+2][CH]2C(c3ccc(CCC)o3)=Cc3c(-c4ccc([Si](C)(C)C)cc4)cccc32)o1.[Cl-].[Cl-]. The summed E-state index contributed by atoms with van der Waals surface area (Å²) in [4.78, 5) is 0. The molecule has 0 N–H and O–H groups in total. The molecule has 2 aromatic heterocycles. The Kier molecular flexibility index (Phi) is 13.4. The molecule has 7 heteroatoms. The Balaban J connectivity index is 0.00000275. The van der Waals surface area contributed by atoms with E-state index in [2.05, 4.69) is 174 Å². The molecule has 0 radical (unpaired) electrons. The van der Waals surface area contributed by atoms with Crippen molar-refractivity contribution >= 4 is 49.8 Å². The van der Waals surface area contributed by atoms with Crippen molar-refractivity contribution in [2.75, 3.05) is 0 Å². The number of hydrogen-bond donors (Lipinski definition) is 0. The Morgan fingerprint density at radius 1 is 0.491 bits per heavy atom. The van der Waals surface area contributed by atoms with E-state index in [-0.39, 0.29) is 24.8 Å². The van der Waals surface area contributed by atoms with E-state index in [0.29, 0.717) is 7.25 Å². The number of rotatable bonds is 12. The fraction of sp³-hybridized carbons (Fsp3) is 0.280. The topological polar surface area (TPSA) is 26.3 Å². The van der Waals surface area contributed by atoms with Crippen LogP contribution < -0.4 is 35.2 Å². The second kappa shape index (κ2) is 17.6. The third-order valence-corrected chi connectivity index (χ3v) is 20.3. The van der Waals surface area contributed by atoms with E-state index < -0.39 is 39.4 Å². The monoisotopic (exact) mass is 902 g/mol. The molecule has 0 saturated carbocycles. The first-order valence-corrected chi connectivity index (χ1v) is 30.1. The van der Waals surface area contributed by atoms with E-state index >= 15 is 0 Å². The van der Waals surface area contributed by atoms with Gasteiger partial charge in [0.2, 0.25) is 0 Å². The molecule has 4 aromatic carbocycles. The summed E-state index contributed by atoms with van der Waals surface area (Å²) in [6, 6.07) is 41.8. The van der Waals surface area contributed by atoms with Gasteiger partial charge < -0.3 is 24.8 Å². The number of fused-ring (bicyclic) bond motifs is 2. The molecule has 2 unspecified atom stereocenters. The summed E-state index contributed by atoms with van der Waals surface area (Å²) in [6.45, 7) is 19.0. The number of benzene rings is 4. The summed E-state index contributed by atoms with van der Waals surface area (Å²) in [5, 5.41) is 2.99. The van der Waals surface area contributed by atoms with Gasteiger partial charge in [0.15, 0.2) is 0 Å². The van der Waals surface area contributed by atoms with Gasteiger partial charge in [0, 0.05) is 0 Å². The molecule has 6 aromatic rings. The minimum Gasteiger partial charge on any atom is -1.00 e. The smallest absolute Gasteiger partial charge is 1.00 e. The van der Waals surface area contributed by atoms with Crippen molar-refractivity contribution in [3.63, 3.8) is 0 Å². The van der Waals surface area contributed by atoms with Gasteiger partial charge in [-0.25, -0.2) is 0 Å². The van der Waals surface area contributed by atoms with E-state index in [0.717, 1.165) is 48.7 Å². The van der Waals surface area contributed by atoms with E-state index in [9.17, 15) is 0 Å². The fourth-order valence-corrected chi connectivity index (χ4v) is 15.7. The summed E-state index contributed by atoms with van der Waals surface area (Å²) in [5.41, 5.74) is 13.6. The first-order valence-electron chi connectivity index (χ1n) is 20.3. The van der Waals surface area contributed by atoms with Crippen LogP contribution in [0.5, 0.6) is 0 Å². The molecule has 2 nitrogen and oxygen atoms in total. The van der Waals surface area contributed by atoms with Crippen LogP contribution in [0.3, 0.4) is 0 Å². The van der Waals surface area contributed by atoms with Crippen molar-refractivity contribution in [2.24, 2.45) is 0 Å². The Labute approximate surface area is 366 Å². The largest absolute Gasteiger partial charge is 1.00 e. The summed E-state index contributed by atoms with van der Waals surface area (Å²) < 4.78 is 14.0. The Hall–Kier alpha value is -3.18. The molecule has 0 saturated heterocycles. The van der Waals surface area contributed by atoms with Gasteiger partial charge in [0.05, 0.1) is 0 Å². The number of furan rings is 2. The minimum atomic E-state index is -1.40. The first kappa shape index (κ1) is 43.4. The summed E-state index contributed by atoms with van der Waals surface area (Å²) >= 11 is -1.34.